The fourth-order valence-corrected chi connectivity index (χ4v) is 1.01. The summed E-state index contributed by atoms with van der Waals surface area (Å²) in [6, 6.07) is 5.46. The lowest BCUT2D eigenvalue weighted by molar-refractivity contribution is -0.116. The number of nitrogens with two attached hydrogens (primary N) is 1. The van der Waals surface area contributed by atoms with Crippen molar-refractivity contribution in [3.63, 3.8) is 0 Å². The lowest BCUT2D eigenvalue weighted by Gasteiger charge is -2.07. The van der Waals surface area contributed by atoms with Gasteiger partial charge in [-0.15, -0.1) is 0 Å². The monoisotopic (exact) mass is 210 g/mol. The first-order valence-corrected chi connectivity index (χ1v) is 3.98. The van der Waals surface area contributed by atoms with Crippen molar-refractivity contribution in [1.82, 2.24) is 5.48 Å². The number of benzene rings is 1. The molecule has 0 radical (unpaired) electrons. The number of nitrogens with one attached hydrogen (secondary N) is 1. The molecular weight excluding hydrogens is 200 g/mol. The van der Waals surface area contributed by atoms with E-state index >= 15 is 0 Å². The minimum Gasteiger partial charge on any atom is -0.508 e. The highest BCUT2D eigenvalue weighted by Gasteiger charge is 2.12. The summed E-state index contributed by atoms with van der Waals surface area (Å²) in [5.74, 6) is -1.84. The number of rotatable bonds is 3. The summed E-state index contributed by atoms with van der Waals surface area (Å²) in [5.41, 5.74) is 6.59. The van der Waals surface area contributed by atoms with Crippen LogP contribution in [0.4, 0.5) is 0 Å². The molecule has 0 unspecified atom stereocenters. The third kappa shape index (κ3) is 2.38. The normalized spacial score (nSPS) is 11.8. The maximum atomic E-state index is 10.7. The van der Waals surface area contributed by atoms with Crippen LogP contribution < -0.4 is 11.2 Å². The van der Waals surface area contributed by atoms with Gasteiger partial charge < -0.3 is 15.9 Å². The van der Waals surface area contributed by atoms with Gasteiger partial charge in [0, 0.05) is 5.56 Å². The molecule has 6 N–H and O–H groups in total. The van der Waals surface area contributed by atoms with Crippen LogP contribution in [-0.4, -0.2) is 21.3 Å². The second kappa shape index (κ2) is 4.34. The number of amides is 1. The molecule has 0 bridgehead atoms. The van der Waals surface area contributed by atoms with Crippen LogP contribution in [0.15, 0.2) is 30.0 Å². The van der Waals surface area contributed by atoms with Crippen LogP contribution in [0.1, 0.15) is 5.56 Å². The molecule has 0 spiro atoms. The Morgan fingerprint density at radius 3 is 2.20 bits per heavy atom. The van der Waals surface area contributed by atoms with Crippen molar-refractivity contribution < 1.29 is 20.2 Å². The minimum atomic E-state index is -1.07. The van der Waals surface area contributed by atoms with Crippen molar-refractivity contribution in [2.45, 2.75) is 0 Å². The van der Waals surface area contributed by atoms with Gasteiger partial charge in [0.2, 0.25) is 5.76 Å². The van der Waals surface area contributed by atoms with Gasteiger partial charge in [0.05, 0.1) is 0 Å². The Balaban J connectivity index is 3.19. The SMILES string of the molecule is NC(=O)/C(O)=C(\NO)c1ccc(O)cc1. The quantitative estimate of drug-likeness (QED) is 0.275. The topological polar surface area (TPSA) is 116 Å². The van der Waals surface area contributed by atoms with Crippen molar-refractivity contribution in [3.05, 3.63) is 35.6 Å². The van der Waals surface area contributed by atoms with Crippen LogP contribution >= 0.6 is 0 Å². The summed E-state index contributed by atoms with van der Waals surface area (Å²) in [5, 5.41) is 27.0. The van der Waals surface area contributed by atoms with E-state index in [9.17, 15) is 9.90 Å². The Morgan fingerprint density at radius 1 is 1.27 bits per heavy atom. The van der Waals surface area contributed by atoms with Gasteiger partial charge in [-0.05, 0) is 24.3 Å². The molecule has 0 aliphatic heterocycles. The number of hydroxylamine groups is 1. The van der Waals surface area contributed by atoms with E-state index in [1.165, 1.54) is 24.3 Å². The van der Waals surface area contributed by atoms with Crippen LogP contribution in [0.25, 0.3) is 5.70 Å². The Morgan fingerprint density at radius 2 is 1.80 bits per heavy atom. The predicted molar refractivity (Wildman–Crippen MR) is 51.8 cm³/mol. The zero-order chi connectivity index (χ0) is 11.4. The first-order chi connectivity index (χ1) is 7.06. The molecule has 1 amide bonds. The van der Waals surface area contributed by atoms with E-state index in [0.29, 0.717) is 5.56 Å². The third-order valence-electron chi connectivity index (χ3n) is 1.74. The van der Waals surface area contributed by atoms with Gasteiger partial charge in [-0.25, -0.2) is 0 Å². The Labute approximate surface area is 85.2 Å². The first kappa shape index (κ1) is 10.9. The Bertz CT molecular complexity index is 397. The molecule has 0 aromatic heterocycles. The number of carbonyl (C=O) groups excluding carboxylic acids is 1. The number of aromatic hydroxyl groups is 1. The molecule has 1 rings (SSSR count). The first-order valence-electron chi connectivity index (χ1n) is 3.98. The maximum Gasteiger partial charge on any atom is 0.285 e. The average Bonchev–Trinajstić information content (AvgIpc) is 2.21. The minimum absolute atomic E-state index is 0.0228. The van der Waals surface area contributed by atoms with Gasteiger partial charge in [-0.1, -0.05) is 0 Å². The van der Waals surface area contributed by atoms with Crippen molar-refractivity contribution in [2.24, 2.45) is 5.73 Å². The molecule has 6 nitrogen and oxygen atoms in total. The highest BCUT2D eigenvalue weighted by molar-refractivity contribution is 5.97. The molecule has 15 heavy (non-hydrogen) atoms. The Kier molecular flexibility index (Phi) is 3.14. The molecule has 6 heteroatoms. The fraction of sp³-hybridized carbons (Fsp3) is 0. The lowest BCUT2D eigenvalue weighted by atomic mass is 10.1. The summed E-state index contributed by atoms with van der Waals surface area (Å²) < 4.78 is 0. The van der Waals surface area contributed by atoms with Crippen LogP contribution in [0.2, 0.25) is 0 Å². The summed E-state index contributed by atoms with van der Waals surface area (Å²) in [4.78, 5) is 10.7. The number of hydrogen-bond donors (Lipinski definition) is 5. The van der Waals surface area contributed by atoms with Crippen LogP contribution in [0.5, 0.6) is 5.75 Å². The number of aliphatic hydroxyl groups is 1. The third-order valence-corrected chi connectivity index (χ3v) is 1.74. The zero-order valence-electron chi connectivity index (χ0n) is 7.64. The lowest BCUT2D eigenvalue weighted by Crippen LogP contribution is -2.19. The summed E-state index contributed by atoms with van der Waals surface area (Å²) in [6.45, 7) is 0. The number of primary amides is 1. The van der Waals surface area contributed by atoms with Crippen LogP contribution in [-0.2, 0) is 4.79 Å². The molecular formula is C9H10N2O4. The van der Waals surface area contributed by atoms with Crippen molar-refractivity contribution in [3.8, 4) is 5.75 Å². The van der Waals surface area contributed by atoms with Crippen LogP contribution in [0, 0.1) is 0 Å². The van der Waals surface area contributed by atoms with E-state index in [2.05, 4.69) is 0 Å². The second-order valence-electron chi connectivity index (χ2n) is 2.75. The van der Waals surface area contributed by atoms with Gasteiger partial charge in [0.25, 0.3) is 5.91 Å². The number of phenolic OH excluding ortho intramolecular Hbond substituents is 1. The highest BCUT2D eigenvalue weighted by atomic mass is 16.5. The second-order valence-corrected chi connectivity index (χ2v) is 2.75. The molecule has 0 atom stereocenters. The van der Waals surface area contributed by atoms with E-state index < -0.39 is 11.7 Å². The summed E-state index contributed by atoms with van der Waals surface area (Å²) >= 11 is 0. The van der Waals surface area contributed by atoms with E-state index in [1.807, 2.05) is 0 Å². The molecule has 0 fully saturated rings. The number of carbonyl (C=O) groups is 1. The van der Waals surface area contributed by atoms with Gasteiger partial charge in [-0.2, -0.15) is 0 Å². The fourth-order valence-electron chi connectivity index (χ4n) is 1.01. The largest absolute Gasteiger partial charge is 0.508 e. The molecule has 0 saturated carbocycles. The van der Waals surface area contributed by atoms with E-state index in [0.717, 1.165) is 0 Å². The van der Waals surface area contributed by atoms with E-state index in [4.69, 9.17) is 16.0 Å². The molecule has 0 heterocycles. The van der Waals surface area contributed by atoms with E-state index in [-0.39, 0.29) is 11.4 Å². The number of phenols is 1. The van der Waals surface area contributed by atoms with Gasteiger partial charge >= 0.3 is 0 Å². The van der Waals surface area contributed by atoms with Crippen molar-refractivity contribution in [2.75, 3.05) is 0 Å². The molecule has 0 aliphatic rings. The molecule has 0 aliphatic carbocycles. The maximum absolute atomic E-state index is 10.7. The molecule has 1 aromatic carbocycles. The molecule has 0 saturated heterocycles. The summed E-state index contributed by atoms with van der Waals surface area (Å²) in [7, 11) is 0. The standard InChI is InChI=1S/C9H10N2O4/c10-9(14)8(13)7(11-15)5-1-3-6(12)4-2-5/h1-4,11-13,15H,(H2,10,14)/b8-7+. The summed E-state index contributed by atoms with van der Waals surface area (Å²) in [6.07, 6.45) is 0. The van der Waals surface area contributed by atoms with Crippen molar-refractivity contribution >= 4 is 11.6 Å². The smallest absolute Gasteiger partial charge is 0.285 e. The molecule has 80 valence electrons. The van der Waals surface area contributed by atoms with Crippen LogP contribution in [0.3, 0.4) is 0 Å². The number of hydrogen-bond acceptors (Lipinski definition) is 5. The van der Waals surface area contributed by atoms with Crippen molar-refractivity contribution in [1.29, 1.82) is 0 Å². The highest BCUT2D eigenvalue weighted by Crippen LogP contribution is 2.17. The molecule has 1 aromatic rings. The predicted octanol–water partition coefficient (Wildman–Crippen LogP) is 0.0829. The average molecular weight is 210 g/mol. The Hall–Kier alpha value is -2.21. The number of aliphatic hydroxyl groups excluding tert-OH is 1. The van der Waals surface area contributed by atoms with E-state index in [1.54, 1.807) is 5.48 Å². The van der Waals surface area contributed by atoms with Gasteiger partial charge in [0.1, 0.15) is 11.4 Å². The van der Waals surface area contributed by atoms with Gasteiger partial charge in [-0.3, -0.25) is 15.5 Å². The zero-order valence-corrected chi connectivity index (χ0v) is 7.64. The van der Waals surface area contributed by atoms with Gasteiger partial charge in [0.15, 0.2) is 0 Å².